The fourth-order valence-electron chi connectivity index (χ4n) is 3.11. The molecule has 0 radical (unpaired) electrons. The molecule has 2 aromatic carbocycles. The molecule has 0 fully saturated rings. The van der Waals surface area contributed by atoms with Gasteiger partial charge in [0.25, 0.3) is 0 Å². The van der Waals surface area contributed by atoms with Crippen molar-refractivity contribution in [3.63, 3.8) is 0 Å². The first-order valence-corrected chi connectivity index (χ1v) is 10.8. The number of carbonyl (C=O) groups is 1. The van der Waals surface area contributed by atoms with E-state index in [1.54, 1.807) is 24.3 Å². The maximum atomic E-state index is 12.2. The first-order valence-electron chi connectivity index (χ1n) is 9.40. The van der Waals surface area contributed by atoms with Gasteiger partial charge >= 0.3 is 16.3 Å². The molecule has 0 aliphatic rings. The molecule has 4 rings (SSSR count). The van der Waals surface area contributed by atoms with Gasteiger partial charge in [-0.2, -0.15) is 8.42 Å². The molecule has 0 bridgehead atoms. The van der Waals surface area contributed by atoms with Crippen LogP contribution in [0.25, 0.3) is 17.1 Å². The van der Waals surface area contributed by atoms with E-state index in [4.69, 9.17) is 9.84 Å². The number of hydrogen-bond acceptors (Lipinski definition) is 7. The van der Waals surface area contributed by atoms with Gasteiger partial charge in [0.15, 0.2) is 0 Å². The van der Waals surface area contributed by atoms with Crippen molar-refractivity contribution in [1.29, 1.82) is 0 Å². The van der Waals surface area contributed by atoms with E-state index >= 15 is 0 Å². The summed E-state index contributed by atoms with van der Waals surface area (Å²) in [7, 11) is -3.17. The van der Waals surface area contributed by atoms with E-state index in [0.717, 1.165) is 4.31 Å². The monoisotopic (exact) mass is 467 g/mol. The molecule has 0 amide bonds. The second kappa shape index (κ2) is 8.68. The maximum absolute atomic E-state index is 12.2. The zero-order valence-electron chi connectivity index (χ0n) is 17.1. The van der Waals surface area contributed by atoms with Gasteiger partial charge in [-0.1, -0.05) is 11.3 Å². The van der Waals surface area contributed by atoms with E-state index in [2.05, 4.69) is 15.3 Å². The van der Waals surface area contributed by atoms with Crippen molar-refractivity contribution in [2.75, 3.05) is 11.4 Å². The number of pyridine rings is 1. The molecule has 0 saturated carbocycles. The van der Waals surface area contributed by atoms with Gasteiger partial charge in [0, 0.05) is 6.20 Å². The van der Waals surface area contributed by atoms with Crippen molar-refractivity contribution in [3.8, 4) is 22.8 Å². The molecule has 11 nitrogen and oxygen atoms in total. The number of carboxylic acids is 1. The summed E-state index contributed by atoms with van der Waals surface area (Å²) in [4.78, 5) is 15.3. The number of carboxylic acid groups (broad SMARTS) is 1. The molecule has 12 heteroatoms. The molecule has 2 aromatic heterocycles. The lowest BCUT2D eigenvalue weighted by atomic mass is 10.2. The van der Waals surface area contributed by atoms with E-state index < -0.39 is 16.3 Å². The highest BCUT2D eigenvalue weighted by molar-refractivity contribution is 7.87. The summed E-state index contributed by atoms with van der Waals surface area (Å²) in [5.41, 5.74) is 1.50. The normalized spacial score (nSPS) is 11.2. The Morgan fingerprint density at radius 3 is 2.45 bits per heavy atom. The van der Waals surface area contributed by atoms with Gasteiger partial charge in [-0.25, -0.2) is 13.8 Å². The summed E-state index contributed by atoms with van der Waals surface area (Å²) in [6, 6.07) is 15.1. The largest absolute Gasteiger partial charge is 0.497 e. The van der Waals surface area contributed by atoms with Gasteiger partial charge < -0.3 is 9.84 Å². The summed E-state index contributed by atoms with van der Waals surface area (Å²) in [6.45, 7) is 0. The number of hydrogen-bond donors (Lipinski definition) is 2. The molecule has 4 aromatic rings. The van der Waals surface area contributed by atoms with Crippen molar-refractivity contribution in [2.24, 2.45) is 0 Å². The van der Waals surface area contributed by atoms with Crippen molar-refractivity contribution >= 4 is 27.6 Å². The van der Waals surface area contributed by atoms with E-state index in [0.29, 0.717) is 22.8 Å². The Labute approximate surface area is 188 Å². The van der Waals surface area contributed by atoms with E-state index in [1.165, 1.54) is 60.6 Å². The second-order valence-electron chi connectivity index (χ2n) is 6.74. The SMILES string of the molecule is COc1ccc(N(c2cccc(-n3cc(-c4cc(C(=O)O)ccn4)nn3)c2)S(=O)(=O)O)cc1. The lowest BCUT2D eigenvalue weighted by Gasteiger charge is -2.21. The quantitative estimate of drug-likeness (QED) is 0.391. The Kier molecular flexibility index (Phi) is 5.77. The lowest BCUT2D eigenvalue weighted by molar-refractivity contribution is 0.0696. The Bertz CT molecular complexity index is 1420. The second-order valence-corrected chi connectivity index (χ2v) is 8.00. The van der Waals surface area contributed by atoms with Gasteiger partial charge in [-0.05, 0) is 54.6 Å². The average Bonchev–Trinajstić information content (AvgIpc) is 3.30. The Hall–Kier alpha value is -4.29. The zero-order valence-corrected chi connectivity index (χ0v) is 17.9. The van der Waals surface area contributed by atoms with Crippen LogP contribution < -0.4 is 9.04 Å². The van der Waals surface area contributed by atoms with Gasteiger partial charge in [0.1, 0.15) is 11.4 Å². The summed E-state index contributed by atoms with van der Waals surface area (Å²) >= 11 is 0. The molecular formula is C21H17N5O6S. The number of anilines is 2. The van der Waals surface area contributed by atoms with Gasteiger partial charge in [-0.15, -0.1) is 5.10 Å². The molecule has 0 saturated heterocycles. The van der Waals surface area contributed by atoms with E-state index in [-0.39, 0.29) is 16.9 Å². The third-order valence-corrected chi connectivity index (χ3v) is 5.51. The van der Waals surface area contributed by atoms with Gasteiger partial charge in [0.2, 0.25) is 0 Å². The fraction of sp³-hybridized carbons (Fsp3) is 0.0476. The topological polar surface area (TPSA) is 148 Å². The van der Waals surface area contributed by atoms with Crippen LogP contribution in [0.15, 0.2) is 73.1 Å². The zero-order chi connectivity index (χ0) is 23.6. The maximum Gasteiger partial charge on any atom is 0.364 e. The fourth-order valence-corrected chi connectivity index (χ4v) is 3.87. The summed E-state index contributed by atoms with van der Waals surface area (Å²) in [5.74, 6) is -0.568. The van der Waals surface area contributed by atoms with E-state index in [1.807, 2.05) is 0 Å². The van der Waals surface area contributed by atoms with Crippen molar-refractivity contribution < 1.29 is 27.6 Å². The molecule has 0 aliphatic carbocycles. The van der Waals surface area contributed by atoms with Crippen LogP contribution in [0, 0.1) is 0 Å². The number of nitrogens with zero attached hydrogens (tertiary/aromatic N) is 5. The number of aromatic nitrogens is 4. The first-order chi connectivity index (χ1) is 15.8. The molecule has 0 unspecified atom stereocenters. The molecular weight excluding hydrogens is 450 g/mol. The van der Waals surface area contributed by atoms with Crippen LogP contribution >= 0.6 is 0 Å². The van der Waals surface area contributed by atoms with E-state index in [9.17, 15) is 17.8 Å². The number of aromatic carboxylic acids is 1. The minimum atomic E-state index is -4.66. The highest BCUT2D eigenvalue weighted by atomic mass is 32.2. The number of benzene rings is 2. The van der Waals surface area contributed by atoms with Gasteiger partial charge in [-0.3, -0.25) is 9.54 Å². The first kappa shape index (κ1) is 21.9. The van der Waals surface area contributed by atoms with Crippen LogP contribution in [0.1, 0.15) is 10.4 Å². The Balaban J connectivity index is 1.71. The number of rotatable bonds is 7. The predicted octanol–water partition coefficient (Wildman–Crippen LogP) is 2.98. The lowest BCUT2D eigenvalue weighted by Crippen LogP contribution is -2.25. The Morgan fingerprint density at radius 2 is 1.79 bits per heavy atom. The van der Waals surface area contributed by atoms with Crippen molar-refractivity contribution in [2.45, 2.75) is 0 Å². The van der Waals surface area contributed by atoms with Crippen molar-refractivity contribution in [3.05, 3.63) is 78.6 Å². The number of ether oxygens (including phenoxy) is 1. The standard InChI is InChI=1S/C21H17N5O6S/c1-32-18-7-5-15(6-8-18)26(33(29,30)31)17-4-2-3-16(12-17)25-13-20(23-24-25)19-11-14(21(27)28)9-10-22-19/h2-13H,1H3,(H,27,28)(H,29,30,31). The van der Waals surface area contributed by atoms with Gasteiger partial charge in [0.05, 0.1) is 41.6 Å². The van der Waals surface area contributed by atoms with Crippen LogP contribution in [0.2, 0.25) is 0 Å². The minimum absolute atomic E-state index is 0.0554. The summed E-state index contributed by atoms with van der Waals surface area (Å²) in [5, 5.41) is 17.2. The molecule has 168 valence electrons. The van der Waals surface area contributed by atoms with Crippen LogP contribution in [0.5, 0.6) is 5.75 Å². The van der Waals surface area contributed by atoms with Crippen LogP contribution in [-0.2, 0) is 10.3 Å². The highest BCUT2D eigenvalue weighted by Crippen LogP contribution is 2.31. The summed E-state index contributed by atoms with van der Waals surface area (Å²) < 4.78 is 41.4. The third kappa shape index (κ3) is 4.66. The average molecular weight is 467 g/mol. The summed E-state index contributed by atoms with van der Waals surface area (Å²) in [6.07, 6.45) is 2.88. The van der Waals surface area contributed by atoms with Crippen LogP contribution in [0.4, 0.5) is 11.4 Å². The number of methoxy groups -OCH3 is 1. The third-order valence-electron chi connectivity index (χ3n) is 4.63. The van der Waals surface area contributed by atoms with Crippen LogP contribution in [0.3, 0.4) is 0 Å². The molecule has 0 spiro atoms. The minimum Gasteiger partial charge on any atom is -0.497 e. The molecule has 33 heavy (non-hydrogen) atoms. The molecule has 2 N–H and O–H groups in total. The molecule has 2 heterocycles. The van der Waals surface area contributed by atoms with Crippen LogP contribution in [-0.4, -0.2) is 51.1 Å². The smallest absolute Gasteiger partial charge is 0.364 e. The molecule has 0 atom stereocenters. The van der Waals surface area contributed by atoms with Crippen molar-refractivity contribution in [1.82, 2.24) is 20.0 Å². The highest BCUT2D eigenvalue weighted by Gasteiger charge is 2.23. The Morgan fingerprint density at radius 1 is 1.03 bits per heavy atom. The molecule has 0 aliphatic heterocycles. The predicted molar refractivity (Wildman–Crippen MR) is 118 cm³/mol.